The topological polar surface area (TPSA) is 92.6 Å². The van der Waals surface area contributed by atoms with E-state index < -0.39 is 0 Å². The maximum Gasteiger partial charge on any atom is 0.234 e. The Kier molecular flexibility index (Phi) is 6.60. The molecule has 0 atom stereocenters. The van der Waals surface area contributed by atoms with Gasteiger partial charge in [0.2, 0.25) is 5.78 Å². The molecule has 6 heterocycles. The predicted octanol–water partition coefficient (Wildman–Crippen LogP) is 3.99. The summed E-state index contributed by atoms with van der Waals surface area (Å²) in [6.45, 7) is 0. The van der Waals surface area contributed by atoms with E-state index in [9.17, 15) is 8.78 Å². The molecule has 0 aliphatic heterocycles. The molecule has 0 unspecified atom stereocenters. The smallest absolute Gasteiger partial charge is 0.234 e. The van der Waals surface area contributed by atoms with Crippen molar-refractivity contribution in [1.29, 1.82) is 0 Å². The molecule has 12 heteroatoms. The van der Waals surface area contributed by atoms with E-state index in [1.165, 1.54) is 24.5 Å². The van der Waals surface area contributed by atoms with Crippen molar-refractivity contribution in [1.82, 2.24) is 38.7 Å². The van der Waals surface area contributed by atoms with Gasteiger partial charge < -0.3 is 9.80 Å². The fourth-order valence-corrected chi connectivity index (χ4v) is 3.64. The first-order valence-corrected chi connectivity index (χ1v) is 11.5. The van der Waals surface area contributed by atoms with Crippen molar-refractivity contribution in [2.24, 2.45) is 0 Å². The van der Waals surface area contributed by atoms with Gasteiger partial charge in [0, 0.05) is 83.7 Å². The second-order valence-corrected chi connectivity index (χ2v) is 8.76. The third-order valence-corrected chi connectivity index (χ3v) is 5.64. The van der Waals surface area contributed by atoms with E-state index in [-0.39, 0.29) is 11.6 Å². The number of anilines is 2. The summed E-state index contributed by atoms with van der Waals surface area (Å²) in [5, 5.41) is 0. The first-order valence-electron chi connectivity index (χ1n) is 11.5. The van der Waals surface area contributed by atoms with Crippen molar-refractivity contribution in [3.8, 4) is 22.5 Å². The van der Waals surface area contributed by atoms with Gasteiger partial charge in [-0.3, -0.25) is 8.80 Å². The van der Waals surface area contributed by atoms with Crippen LogP contribution < -0.4 is 9.80 Å². The van der Waals surface area contributed by atoms with E-state index in [1.807, 2.05) is 34.4 Å². The molecule has 0 bridgehead atoms. The molecular weight excluding hydrogens is 490 g/mol. The number of pyridine rings is 2. The molecule has 0 saturated carbocycles. The summed E-state index contributed by atoms with van der Waals surface area (Å²) in [6, 6.07) is 6.36. The lowest BCUT2D eigenvalue weighted by Gasteiger charge is -2.11. The number of rotatable bonds is 4. The minimum absolute atomic E-state index is 0.338. The standard InChI is InChI=1S/2C13H12FN5/c1-18(2)13-5-10(14)9(6-16-13)11-7-19-8-15-4-3-12(19)17-11;1-18(2)12-6-10(14)9(7-16-12)11-8-19-5-3-4-15-13(19)17-11/h2*3-8H,1-2H3. The van der Waals surface area contributed by atoms with Gasteiger partial charge in [-0.1, -0.05) is 0 Å². The van der Waals surface area contributed by atoms with Gasteiger partial charge in [-0.2, -0.15) is 0 Å². The molecule has 0 radical (unpaired) electrons. The molecule has 0 saturated heterocycles. The second kappa shape index (κ2) is 10.2. The van der Waals surface area contributed by atoms with Crippen molar-refractivity contribution >= 4 is 23.1 Å². The largest absolute Gasteiger partial charge is 0.363 e. The SMILES string of the molecule is CN(C)c1cc(F)c(-c2cn3cccnc3n2)cn1.CN(C)c1cc(F)c(-c2cn3cnccc3n2)cn1. The van der Waals surface area contributed by atoms with Gasteiger partial charge in [-0.05, 0) is 12.1 Å². The highest BCUT2D eigenvalue weighted by Crippen LogP contribution is 2.25. The zero-order valence-electron chi connectivity index (χ0n) is 21.2. The molecule has 6 aromatic heterocycles. The highest BCUT2D eigenvalue weighted by Gasteiger charge is 2.13. The lowest BCUT2D eigenvalue weighted by Crippen LogP contribution is -2.10. The van der Waals surface area contributed by atoms with Gasteiger partial charge >= 0.3 is 0 Å². The van der Waals surface area contributed by atoms with Gasteiger partial charge in [0.05, 0.1) is 22.5 Å². The van der Waals surface area contributed by atoms with E-state index in [2.05, 4.69) is 29.9 Å². The summed E-state index contributed by atoms with van der Waals surface area (Å²) in [5.74, 6) is 1.00. The van der Waals surface area contributed by atoms with E-state index in [4.69, 9.17) is 0 Å². The van der Waals surface area contributed by atoms with Crippen molar-refractivity contribution in [2.75, 3.05) is 38.0 Å². The summed E-state index contributed by atoms with van der Waals surface area (Å²) >= 11 is 0. The van der Waals surface area contributed by atoms with Crippen LogP contribution in [0.15, 0.2) is 74.0 Å². The van der Waals surface area contributed by atoms with Crippen LogP contribution in [0, 0.1) is 11.6 Å². The van der Waals surface area contributed by atoms with Crippen LogP contribution in [0.25, 0.3) is 33.9 Å². The number of imidazole rings is 2. The monoisotopic (exact) mass is 514 g/mol. The summed E-state index contributed by atoms with van der Waals surface area (Å²) in [5.41, 5.74) is 2.55. The van der Waals surface area contributed by atoms with Gasteiger partial charge in [0.15, 0.2) is 0 Å². The Morgan fingerprint density at radius 3 is 1.89 bits per heavy atom. The molecule has 6 rings (SSSR count). The summed E-state index contributed by atoms with van der Waals surface area (Å²) in [4.78, 5) is 28.6. The Morgan fingerprint density at radius 1 is 0.737 bits per heavy atom. The minimum atomic E-state index is -0.345. The fraction of sp³-hybridized carbons (Fsp3) is 0.154. The molecule has 0 N–H and O–H groups in total. The average molecular weight is 515 g/mol. The number of fused-ring (bicyclic) bond motifs is 2. The van der Waals surface area contributed by atoms with Crippen LogP contribution in [0.2, 0.25) is 0 Å². The number of aromatic nitrogens is 8. The van der Waals surface area contributed by atoms with Crippen LogP contribution in [0.4, 0.5) is 20.4 Å². The van der Waals surface area contributed by atoms with Crippen molar-refractivity contribution in [3.63, 3.8) is 0 Å². The molecule has 0 fully saturated rings. The van der Waals surface area contributed by atoms with Crippen LogP contribution in [-0.2, 0) is 0 Å². The Morgan fingerprint density at radius 2 is 1.34 bits per heavy atom. The van der Waals surface area contributed by atoms with Gasteiger partial charge in [-0.25, -0.2) is 38.7 Å². The van der Waals surface area contributed by atoms with Crippen molar-refractivity contribution in [3.05, 3.63) is 85.6 Å². The Balaban J connectivity index is 0.000000155. The highest BCUT2D eigenvalue weighted by atomic mass is 19.1. The molecule has 0 amide bonds. The molecule has 10 nitrogen and oxygen atoms in total. The lowest BCUT2D eigenvalue weighted by molar-refractivity contribution is 0.628. The Bertz CT molecular complexity index is 1530. The second-order valence-electron chi connectivity index (χ2n) is 8.76. The van der Waals surface area contributed by atoms with Crippen LogP contribution in [0.3, 0.4) is 0 Å². The number of halogens is 2. The van der Waals surface area contributed by atoms with Crippen molar-refractivity contribution < 1.29 is 8.78 Å². The summed E-state index contributed by atoms with van der Waals surface area (Å²) < 4.78 is 31.7. The van der Waals surface area contributed by atoms with Crippen LogP contribution in [0.5, 0.6) is 0 Å². The Hall–Kier alpha value is -5.00. The first-order chi connectivity index (χ1) is 18.3. The van der Waals surface area contributed by atoms with Crippen LogP contribution >= 0.6 is 0 Å². The lowest BCUT2D eigenvalue weighted by atomic mass is 10.2. The maximum atomic E-state index is 14.1. The molecule has 192 valence electrons. The number of nitrogens with zero attached hydrogens (tertiary/aromatic N) is 10. The molecular formula is C26H24F2N10. The summed E-state index contributed by atoms with van der Waals surface area (Å²) in [6.07, 6.45) is 13.2. The minimum Gasteiger partial charge on any atom is -0.363 e. The molecule has 38 heavy (non-hydrogen) atoms. The van der Waals surface area contributed by atoms with E-state index in [1.54, 1.807) is 61.8 Å². The summed E-state index contributed by atoms with van der Waals surface area (Å²) in [7, 11) is 7.27. The van der Waals surface area contributed by atoms with Crippen LogP contribution in [-0.4, -0.2) is 66.9 Å². The fourth-order valence-electron chi connectivity index (χ4n) is 3.64. The quantitative estimate of drug-likeness (QED) is 0.349. The van der Waals surface area contributed by atoms with Crippen molar-refractivity contribution in [2.45, 2.75) is 0 Å². The zero-order valence-corrected chi connectivity index (χ0v) is 21.2. The number of hydrogen-bond donors (Lipinski definition) is 0. The van der Waals surface area contributed by atoms with E-state index in [0.717, 1.165) is 5.65 Å². The molecule has 0 spiro atoms. The van der Waals surface area contributed by atoms with Gasteiger partial charge in [0.1, 0.15) is 35.2 Å². The molecule has 0 aliphatic rings. The molecule has 6 aromatic rings. The average Bonchev–Trinajstić information content (AvgIpc) is 3.53. The van der Waals surface area contributed by atoms with Gasteiger partial charge in [0.25, 0.3) is 0 Å². The maximum absolute atomic E-state index is 14.1. The predicted molar refractivity (Wildman–Crippen MR) is 141 cm³/mol. The normalized spacial score (nSPS) is 10.9. The Labute approximate surface area is 216 Å². The third-order valence-electron chi connectivity index (χ3n) is 5.64. The molecule has 0 aromatic carbocycles. The highest BCUT2D eigenvalue weighted by molar-refractivity contribution is 5.64. The molecule has 0 aliphatic carbocycles. The van der Waals surface area contributed by atoms with Gasteiger partial charge in [-0.15, -0.1) is 0 Å². The van der Waals surface area contributed by atoms with E-state index in [0.29, 0.717) is 39.9 Å². The van der Waals surface area contributed by atoms with E-state index >= 15 is 0 Å². The zero-order chi connectivity index (χ0) is 26.8. The number of hydrogen-bond acceptors (Lipinski definition) is 8. The third kappa shape index (κ3) is 4.96. The first kappa shape index (κ1) is 24.7. The van der Waals surface area contributed by atoms with Crippen LogP contribution in [0.1, 0.15) is 0 Å².